The second-order valence-electron chi connectivity index (χ2n) is 5.63. The van der Waals surface area contributed by atoms with Crippen molar-refractivity contribution in [2.24, 2.45) is 0 Å². The first-order valence-electron chi connectivity index (χ1n) is 7.73. The molecule has 0 aliphatic rings. The molecule has 0 radical (unpaired) electrons. The van der Waals surface area contributed by atoms with E-state index in [2.05, 4.69) is 5.10 Å². The van der Waals surface area contributed by atoms with E-state index in [0.717, 1.165) is 21.0 Å². The van der Waals surface area contributed by atoms with Gasteiger partial charge < -0.3 is 5.32 Å². The van der Waals surface area contributed by atoms with Crippen LogP contribution in [0.4, 0.5) is 13.2 Å². The SMILES string of the molecule is O=C(Cn1nc(-c2cccc3ccccc23)ccc1=O)NCC(F)(F)F. The van der Waals surface area contributed by atoms with Gasteiger partial charge in [-0.2, -0.15) is 18.3 Å². The molecule has 0 aliphatic carbocycles. The summed E-state index contributed by atoms with van der Waals surface area (Å²) in [5, 5.41) is 7.75. The van der Waals surface area contributed by atoms with Crippen LogP contribution in [0.25, 0.3) is 22.0 Å². The van der Waals surface area contributed by atoms with Crippen molar-refractivity contribution in [3.63, 3.8) is 0 Å². The Balaban J connectivity index is 1.90. The third kappa shape index (κ3) is 4.08. The molecule has 5 nitrogen and oxygen atoms in total. The number of nitrogens with one attached hydrogen (secondary N) is 1. The lowest BCUT2D eigenvalue weighted by Gasteiger charge is -2.11. The van der Waals surface area contributed by atoms with Crippen LogP contribution in [0.3, 0.4) is 0 Å². The molecule has 0 saturated heterocycles. The Hall–Kier alpha value is -3.16. The summed E-state index contributed by atoms with van der Waals surface area (Å²) in [6.45, 7) is -2.04. The summed E-state index contributed by atoms with van der Waals surface area (Å²) in [5.41, 5.74) is 0.633. The molecule has 2 aromatic carbocycles. The van der Waals surface area contributed by atoms with Crippen molar-refractivity contribution in [1.29, 1.82) is 0 Å². The van der Waals surface area contributed by atoms with Gasteiger partial charge >= 0.3 is 6.18 Å². The van der Waals surface area contributed by atoms with Crippen LogP contribution in [0.1, 0.15) is 0 Å². The molecule has 0 saturated carbocycles. The first-order valence-corrected chi connectivity index (χ1v) is 7.73. The maximum atomic E-state index is 12.2. The zero-order valence-electron chi connectivity index (χ0n) is 13.5. The van der Waals surface area contributed by atoms with Crippen LogP contribution < -0.4 is 10.9 Å². The fraction of sp³-hybridized carbons (Fsp3) is 0.167. The molecule has 1 heterocycles. The third-order valence-corrected chi connectivity index (χ3v) is 3.71. The normalized spacial score (nSPS) is 11.5. The Labute approximate surface area is 146 Å². The van der Waals surface area contributed by atoms with Crippen LogP contribution in [0.2, 0.25) is 0 Å². The molecule has 134 valence electrons. The highest BCUT2D eigenvalue weighted by molar-refractivity contribution is 5.95. The highest BCUT2D eigenvalue weighted by atomic mass is 19.4. The van der Waals surface area contributed by atoms with Gasteiger partial charge in [0.2, 0.25) is 5.91 Å². The molecule has 1 N–H and O–H groups in total. The van der Waals surface area contributed by atoms with Gasteiger partial charge in [0.25, 0.3) is 5.56 Å². The average molecular weight is 361 g/mol. The molecule has 0 fully saturated rings. The summed E-state index contributed by atoms with van der Waals surface area (Å²) in [7, 11) is 0. The molecule has 8 heteroatoms. The predicted octanol–water partition coefficient (Wildman–Crippen LogP) is 2.74. The first-order chi connectivity index (χ1) is 12.3. The fourth-order valence-corrected chi connectivity index (χ4v) is 2.55. The minimum atomic E-state index is -4.52. The van der Waals surface area contributed by atoms with E-state index >= 15 is 0 Å². The number of hydrogen-bond donors (Lipinski definition) is 1. The van der Waals surface area contributed by atoms with Gasteiger partial charge in [-0.3, -0.25) is 9.59 Å². The lowest BCUT2D eigenvalue weighted by atomic mass is 10.0. The number of carbonyl (C=O) groups excluding carboxylic acids is 1. The molecule has 0 bridgehead atoms. The maximum Gasteiger partial charge on any atom is 0.405 e. The number of benzene rings is 2. The number of fused-ring (bicyclic) bond motifs is 1. The predicted molar refractivity (Wildman–Crippen MR) is 90.5 cm³/mol. The van der Waals surface area contributed by atoms with Crippen molar-refractivity contribution in [1.82, 2.24) is 15.1 Å². The zero-order valence-corrected chi connectivity index (χ0v) is 13.5. The van der Waals surface area contributed by atoms with Gasteiger partial charge in [-0.1, -0.05) is 42.5 Å². The lowest BCUT2D eigenvalue weighted by molar-refractivity contribution is -0.138. The van der Waals surface area contributed by atoms with Crippen molar-refractivity contribution in [2.75, 3.05) is 6.54 Å². The number of hydrogen-bond acceptors (Lipinski definition) is 3. The fourth-order valence-electron chi connectivity index (χ4n) is 2.55. The summed E-state index contributed by atoms with van der Waals surface area (Å²) in [6, 6.07) is 15.9. The van der Waals surface area contributed by atoms with Crippen LogP contribution in [0.5, 0.6) is 0 Å². The van der Waals surface area contributed by atoms with E-state index in [1.165, 1.54) is 12.1 Å². The molecule has 0 unspecified atom stereocenters. The van der Waals surface area contributed by atoms with Crippen molar-refractivity contribution in [3.05, 3.63) is 65.0 Å². The number of nitrogens with zero attached hydrogens (tertiary/aromatic N) is 2. The van der Waals surface area contributed by atoms with E-state index in [1.54, 1.807) is 5.32 Å². The smallest absolute Gasteiger partial charge is 0.345 e. The molecule has 0 spiro atoms. The van der Waals surface area contributed by atoms with Gasteiger partial charge in [-0.05, 0) is 16.8 Å². The van der Waals surface area contributed by atoms with E-state index in [4.69, 9.17) is 0 Å². The Bertz CT molecular complexity index is 1010. The van der Waals surface area contributed by atoms with Gasteiger partial charge in [0.05, 0.1) is 5.69 Å². The van der Waals surface area contributed by atoms with Crippen LogP contribution >= 0.6 is 0 Å². The van der Waals surface area contributed by atoms with Crippen LogP contribution in [-0.4, -0.2) is 28.4 Å². The second kappa shape index (κ2) is 6.99. The molecule has 0 atom stereocenters. The Morgan fingerprint density at radius 1 is 1.04 bits per heavy atom. The topological polar surface area (TPSA) is 64.0 Å². The summed E-state index contributed by atoms with van der Waals surface area (Å²) in [4.78, 5) is 23.6. The van der Waals surface area contributed by atoms with E-state index < -0.39 is 30.7 Å². The lowest BCUT2D eigenvalue weighted by Crippen LogP contribution is -2.38. The largest absolute Gasteiger partial charge is 0.405 e. The maximum absolute atomic E-state index is 12.2. The number of rotatable bonds is 4. The van der Waals surface area contributed by atoms with E-state index in [1.807, 2.05) is 42.5 Å². The first kappa shape index (κ1) is 17.7. The molecular weight excluding hydrogens is 347 g/mol. The molecule has 26 heavy (non-hydrogen) atoms. The van der Waals surface area contributed by atoms with Gasteiger partial charge in [0, 0.05) is 11.6 Å². The van der Waals surface area contributed by atoms with Crippen molar-refractivity contribution >= 4 is 16.7 Å². The Morgan fingerprint density at radius 2 is 1.77 bits per heavy atom. The Kier molecular flexibility index (Phi) is 4.75. The summed E-state index contributed by atoms with van der Waals surface area (Å²) < 4.78 is 37.4. The summed E-state index contributed by atoms with van der Waals surface area (Å²) >= 11 is 0. The van der Waals surface area contributed by atoms with Gasteiger partial charge in [-0.25, -0.2) is 4.68 Å². The molecular formula is C18H14F3N3O2. The van der Waals surface area contributed by atoms with Crippen molar-refractivity contribution in [3.8, 4) is 11.3 Å². The van der Waals surface area contributed by atoms with Crippen LogP contribution in [0.15, 0.2) is 59.4 Å². The monoisotopic (exact) mass is 361 g/mol. The zero-order chi connectivity index (χ0) is 18.7. The highest BCUT2D eigenvalue weighted by Gasteiger charge is 2.27. The van der Waals surface area contributed by atoms with Crippen LogP contribution in [0, 0.1) is 0 Å². The van der Waals surface area contributed by atoms with E-state index in [-0.39, 0.29) is 0 Å². The third-order valence-electron chi connectivity index (χ3n) is 3.71. The number of alkyl halides is 3. The molecule has 0 aliphatic heterocycles. The van der Waals surface area contributed by atoms with E-state index in [0.29, 0.717) is 5.69 Å². The highest BCUT2D eigenvalue weighted by Crippen LogP contribution is 2.26. The molecule has 1 aromatic heterocycles. The van der Waals surface area contributed by atoms with E-state index in [9.17, 15) is 22.8 Å². The molecule has 3 rings (SSSR count). The minimum Gasteiger partial charge on any atom is -0.345 e. The standard InChI is InChI=1S/C18H14F3N3O2/c19-18(20,21)11-22-16(25)10-24-17(26)9-8-15(23-24)14-7-3-5-12-4-1-2-6-13(12)14/h1-9H,10-11H2,(H,22,25). The molecule has 1 amide bonds. The molecule has 3 aromatic rings. The summed E-state index contributed by atoms with van der Waals surface area (Å²) in [5.74, 6) is -0.938. The number of carbonyl (C=O) groups is 1. The quantitative estimate of drug-likeness (QED) is 0.777. The van der Waals surface area contributed by atoms with Crippen molar-refractivity contribution in [2.45, 2.75) is 12.7 Å². The second-order valence-corrected chi connectivity index (χ2v) is 5.63. The minimum absolute atomic E-state index is 0.449. The average Bonchev–Trinajstić information content (AvgIpc) is 2.61. The van der Waals surface area contributed by atoms with Crippen LogP contribution in [-0.2, 0) is 11.3 Å². The van der Waals surface area contributed by atoms with Gasteiger partial charge in [0.1, 0.15) is 13.1 Å². The number of amides is 1. The Morgan fingerprint density at radius 3 is 2.54 bits per heavy atom. The number of aromatic nitrogens is 2. The number of halogens is 3. The summed E-state index contributed by atoms with van der Waals surface area (Å²) in [6.07, 6.45) is -4.52. The van der Waals surface area contributed by atoms with Gasteiger partial charge in [-0.15, -0.1) is 0 Å². The van der Waals surface area contributed by atoms with Gasteiger partial charge in [0.15, 0.2) is 0 Å². The van der Waals surface area contributed by atoms with Crippen molar-refractivity contribution < 1.29 is 18.0 Å².